The first-order valence-electron chi connectivity index (χ1n) is 12.4. The van der Waals surface area contributed by atoms with Crippen molar-refractivity contribution < 1.29 is 19.1 Å². The summed E-state index contributed by atoms with van der Waals surface area (Å²) >= 11 is 0. The molecule has 0 unspecified atom stereocenters. The van der Waals surface area contributed by atoms with Gasteiger partial charge in [-0.2, -0.15) is 0 Å². The zero-order valence-corrected chi connectivity index (χ0v) is 20.8. The molecule has 1 aromatic heterocycles. The fourth-order valence-corrected chi connectivity index (χ4v) is 4.32. The highest BCUT2D eigenvalue weighted by Gasteiger charge is 2.25. The number of hydrogen-bond acceptors (Lipinski definition) is 5. The SMILES string of the molecule is CCCCc1ccc(C(=O)N2CCN(C(=O)CNC(=O)c3cc(OC)c4ccccc4n3)CC2)cc1. The Morgan fingerprint density at radius 3 is 2.36 bits per heavy atom. The predicted octanol–water partition coefficient (Wildman–Crippen LogP) is 3.30. The van der Waals surface area contributed by atoms with Crippen LogP contribution in [0.4, 0.5) is 0 Å². The number of unbranched alkanes of at least 4 members (excludes halogenated alkanes) is 1. The number of amides is 3. The van der Waals surface area contributed by atoms with E-state index in [4.69, 9.17) is 4.74 Å². The molecular weight excluding hydrogens is 456 g/mol. The molecule has 1 fully saturated rings. The molecule has 3 aromatic rings. The number of fused-ring (bicyclic) bond motifs is 1. The van der Waals surface area contributed by atoms with Crippen molar-refractivity contribution in [2.24, 2.45) is 0 Å². The van der Waals surface area contributed by atoms with Gasteiger partial charge in [0.2, 0.25) is 5.91 Å². The summed E-state index contributed by atoms with van der Waals surface area (Å²) in [5, 5.41) is 3.48. The molecule has 1 aliphatic heterocycles. The minimum atomic E-state index is -0.441. The number of para-hydroxylation sites is 1. The quantitative estimate of drug-likeness (QED) is 0.525. The van der Waals surface area contributed by atoms with Gasteiger partial charge < -0.3 is 19.9 Å². The van der Waals surface area contributed by atoms with Gasteiger partial charge in [0.25, 0.3) is 11.8 Å². The van der Waals surface area contributed by atoms with E-state index in [2.05, 4.69) is 17.2 Å². The maximum atomic E-state index is 12.9. The van der Waals surface area contributed by atoms with Crippen LogP contribution >= 0.6 is 0 Å². The van der Waals surface area contributed by atoms with Crippen LogP contribution in [-0.2, 0) is 11.2 Å². The van der Waals surface area contributed by atoms with Crippen LogP contribution < -0.4 is 10.1 Å². The Hall–Kier alpha value is -3.94. The molecule has 0 atom stereocenters. The van der Waals surface area contributed by atoms with E-state index in [1.165, 1.54) is 5.56 Å². The summed E-state index contributed by atoms with van der Waals surface area (Å²) in [6, 6.07) is 16.8. The van der Waals surface area contributed by atoms with Gasteiger partial charge in [-0.25, -0.2) is 4.98 Å². The van der Waals surface area contributed by atoms with Gasteiger partial charge in [-0.3, -0.25) is 14.4 Å². The largest absolute Gasteiger partial charge is 0.496 e. The Balaban J connectivity index is 1.28. The second-order valence-electron chi connectivity index (χ2n) is 8.88. The Kier molecular flexibility index (Phi) is 8.15. The molecule has 1 N–H and O–H groups in total. The molecule has 3 amide bonds. The summed E-state index contributed by atoms with van der Waals surface area (Å²) in [7, 11) is 1.54. The number of benzene rings is 2. The molecule has 2 heterocycles. The van der Waals surface area contributed by atoms with Gasteiger partial charge in [0.05, 0.1) is 19.2 Å². The van der Waals surface area contributed by atoms with Gasteiger partial charge in [-0.1, -0.05) is 37.6 Å². The highest BCUT2D eigenvalue weighted by Crippen LogP contribution is 2.24. The Labute approximate surface area is 211 Å². The number of rotatable bonds is 8. The lowest BCUT2D eigenvalue weighted by atomic mass is 10.1. The summed E-state index contributed by atoms with van der Waals surface area (Å²) in [6.07, 6.45) is 3.30. The number of carbonyl (C=O) groups excluding carboxylic acids is 3. The van der Waals surface area contributed by atoms with Crippen LogP contribution in [0.5, 0.6) is 5.75 Å². The Bertz CT molecular complexity index is 1230. The van der Waals surface area contributed by atoms with Crippen molar-refractivity contribution in [3.8, 4) is 5.75 Å². The summed E-state index contributed by atoms with van der Waals surface area (Å²) in [6.45, 7) is 3.80. The topological polar surface area (TPSA) is 91.8 Å². The molecule has 0 radical (unpaired) electrons. The lowest BCUT2D eigenvalue weighted by Crippen LogP contribution is -2.52. The molecule has 0 spiro atoms. The normalized spacial score (nSPS) is 13.5. The second-order valence-corrected chi connectivity index (χ2v) is 8.88. The molecule has 2 aromatic carbocycles. The highest BCUT2D eigenvalue weighted by molar-refractivity contribution is 5.98. The average molecular weight is 489 g/mol. The molecule has 1 aliphatic rings. The van der Waals surface area contributed by atoms with Gasteiger partial charge in [0.1, 0.15) is 11.4 Å². The minimum absolute atomic E-state index is 0.0197. The van der Waals surface area contributed by atoms with Crippen LogP contribution in [-0.4, -0.2) is 72.3 Å². The van der Waals surface area contributed by atoms with E-state index in [1.807, 2.05) is 42.5 Å². The van der Waals surface area contributed by atoms with Gasteiger partial charge in [0.15, 0.2) is 0 Å². The third kappa shape index (κ3) is 5.82. The summed E-state index contributed by atoms with van der Waals surface area (Å²) in [4.78, 5) is 46.1. The number of ether oxygens (including phenoxy) is 1. The summed E-state index contributed by atoms with van der Waals surface area (Å²) in [5.41, 5.74) is 2.74. The van der Waals surface area contributed by atoms with E-state index >= 15 is 0 Å². The number of methoxy groups -OCH3 is 1. The van der Waals surface area contributed by atoms with Crippen LogP contribution in [0.2, 0.25) is 0 Å². The number of pyridine rings is 1. The molecule has 0 bridgehead atoms. The Morgan fingerprint density at radius 1 is 0.972 bits per heavy atom. The third-order valence-electron chi connectivity index (χ3n) is 6.47. The molecule has 8 nitrogen and oxygen atoms in total. The van der Waals surface area contributed by atoms with Gasteiger partial charge in [0, 0.05) is 43.2 Å². The summed E-state index contributed by atoms with van der Waals surface area (Å²) < 4.78 is 5.39. The first-order valence-corrected chi connectivity index (χ1v) is 12.4. The molecule has 188 valence electrons. The number of piperazine rings is 1. The lowest BCUT2D eigenvalue weighted by molar-refractivity contribution is -0.131. The van der Waals surface area contributed by atoms with E-state index in [-0.39, 0.29) is 24.1 Å². The predicted molar refractivity (Wildman–Crippen MR) is 138 cm³/mol. The van der Waals surface area contributed by atoms with Crippen LogP contribution in [0.3, 0.4) is 0 Å². The number of nitrogens with zero attached hydrogens (tertiary/aromatic N) is 3. The number of aromatic nitrogens is 1. The van der Waals surface area contributed by atoms with Crippen molar-refractivity contribution in [2.45, 2.75) is 26.2 Å². The fourth-order valence-electron chi connectivity index (χ4n) is 4.32. The van der Waals surface area contributed by atoms with E-state index in [9.17, 15) is 14.4 Å². The first kappa shape index (κ1) is 25.2. The van der Waals surface area contributed by atoms with Crippen molar-refractivity contribution in [2.75, 3.05) is 39.8 Å². The third-order valence-corrected chi connectivity index (χ3v) is 6.47. The van der Waals surface area contributed by atoms with Gasteiger partial charge in [-0.05, 0) is 42.7 Å². The number of carbonyl (C=O) groups is 3. The average Bonchev–Trinajstić information content (AvgIpc) is 2.93. The van der Waals surface area contributed by atoms with Crippen molar-refractivity contribution in [3.05, 3.63) is 71.4 Å². The van der Waals surface area contributed by atoms with Crippen molar-refractivity contribution in [3.63, 3.8) is 0 Å². The maximum absolute atomic E-state index is 12.9. The maximum Gasteiger partial charge on any atom is 0.270 e. The highest BCUT2D eigenvalue weighted by atomic mass is 16.5. The number of hydrogen-bond donors (Lipinski definition) is 1. The van der Waals surface area contributed by atoms with Crippen molar-refractivity contribution in [1.82, 2.24) is 20.1 Å². The summed E-state index contributed by atoms with van der Waals surface area (Å²) in [5.74, 6) is -0.102. The molecule has 8 heteroatoms. The zero-order chi connectivity index (χ0) is 25.5. The molecule has 1 saturated heterocycles. The van der Waals surface area contributed by atoms with Crippen LogP contribution in [0.1, 0.15) is 46.2 Å². The molecule has 0 saturated carbocycles. The molecule has 0 aliphatic carbocycles. The monoisotopic (exact) mass is 488 g/mol. The minimum Gasteiger partial charge on any atom is -0.496 e. The van der Waals surface area contributed by atoms with Crippen LogP contribution in [0.25, 0.3) is 10.9 Å². The molecular formula is C28H32N4O4. The smallest absolute Gasteiger partial charge is 0.270 e. The van der Waals surface area contributed by atoms with Crippen LogP contribution in [0, 0.1) is 0 Å². The van der Waals surface area contributed by atoms with Crippen molar-refractivity contribution >= 4 is 28.6 Å². The molecule has 36 heavy (non-hydrogen) atoms. The molecule has 4 rings (SSSR count). The van der Waals surface area contributed by atoms with Gasteiger partial charge >= 0.3 is 0 Å². The van der Waals surface area contributed by atoms with E-state index in [0.717, 1.165) is 24.6 Å². The zero-order valence-electron chi connectivity index (χ0n) is 20.8. The number of aryl methyl sites for hydroxylation is 1. The lowest BCUT2D eigenvalue weighted by Gasteiger charge is -2.35. The fraction of sp³-hybridized carbons (Fsp3) is 0.357. The van der Waals surface area contributed by atoms with Crippen molar-refractivity contribution in [1.29, 1.82) is 0 Å². The van der Waals surface area contributed by atoms with E-state index < -0.39 is 5.91 Å². The van der Waals surface area contributed by atoms with Gasteiger partial charge in [-0.15, -0.1) is 0 Å². The standard InChI is InChI=1S/C28H32N4O4/c1-3-4-7-20-10-12-21(13-11-20)28(35)32-16-14-31(15-17-32)26(33)19-29-27(34)24-18-25(36-2)22-8-5-6-9-23(22)30-24/h5-6,8-13,18H,3-4,7,14-17,19H2,1-2H3,(H,29,34). The Morgan fingerprint density at radius 2 is 1.67 bits per heavy atom. The van der Waals surface area contributed by atoms with Crippen LogP contribution in [0.15, 0.2) is 54.6 Å². The number of nitrogens with one attached hydrogen (secondary N) is 1. The second kappa shape index (κ2) is 11.7. The van der Waals surface area contributed by atoms with E-state index in [1.54, 1.807) is 29.0 Å². The first-order chi connectivity index (χ1) is 17.5. The van der Waals surface area contributed by atoms with E-state index in [0.29, 0.717) is 43.0 Å².